The van der Waals surface area contributed by atoms with Crippen LogP contribution in [0.2, 0.25) is 0 Å². The second-order valence-corrected chi connectivity index (χ2v) is 5.89. The highest BCUT2D eigenvalue weighted by atomic mass is 32.1. The first-order chi connectivity index (χ1) is 10.2. The van der Waals surface area contributed by atoms with Crippen molar-refractivity contribution in [3.05, 3.63) is 30.3 Å². The fraction of sp³-hybridized carbons (Fsp3) is 0.467. The maximum atomic E-state index is 12.5. The zero-order chi connectivity index (χ0) is 14.9. The van der Waals surface area contributed by atoms with E-state index in [4.69, 9.17) is 12.2 Å². The molecule has 21 heavy (non-hydrogen) atoms. The topological polar surface area (TPSA) is 47.6 Å². The molecule has 2 saturated heterocycles. The number of benzene rings is 1. The number of thiocarbonyl (C=S) groups is 1. The van der Waals surface area contributed by atoms with E-state index in [-0.39, 0.29) is 5.91 Å². The Kier molecular flexibility index (Phi) is 3.71. The number of piperidine rings is 1. The second kappa shape index (κ2) is 5.52. The summed E-state index contributed by atoms with van der Waals surface area (Å²) in [5.41, 5.74) is 0.668. The monoisotopic (exact) mass is 304 g/mol. The van der Waals surface area contributed by atoms with Crippen LogP contribution < -0.4 is 15.5 Å². The van der Waals surface area contributed by atoms with Crippen molar-refractivity contribution in [3.63, 3.8) is 0 Å². The maximum Gasteiger partial charge on any atom is 0.247 e. The van der Waals surface area contributed by atoms with E-state index in [0.29, 0.717) is 6.67 Å². The van der Waals surface area contributed by atoms with Gasteiger partial charge in [0, 0.05) is 25.8 Å². The molecular weight excluding hydrogens is 284 g/mol. The number of carbonyl (C=O) groups is 1. The number of anilines is 1. The molecule has 1 amide bonds. The highest BCUT2D eigenvalue weighted by Gasteiger charge is 2.50. The molecule has 0 saturated carbocycles. The summed E-state index contributed by atoms with van der Waals surface area (Å²) >= 11 is 5.29. The number of carbonyl (C=O) groups excluding carboxylic acids is 1. The van der Waals surface area contributed by atoms with Crippen molar-refractivity contribution in [1.29, 1.82) is 0 Å². The zero-order valence-corrected chi connectivity index (χ0v) is 12.9. The summed E-state index contributed by atoms with van der Waals surface area (Å²) in [5, 5.41) is 6.78. The molecular formula is C15H20N4OS. The summed E-state index contributed by atoms with van der Waals surface area (Å²) in [5.74, 6) is 0.140. The predicted octanol–water partition coefficient (Wildman–Crippen LogP) is 0.919. The molecule has 0 radical (unpaired) electrons. The quantitative estimate of drug-likeness (QED) is 0.756. The fourth-order valence-corrected chi connectivity index (χ4v) is 3.45. The molecule has 2 heterocycles. The van der Waals surface area contributed by atoms with Crippen molar-refractivity contribution in [2.24, 2.45) is 0 Å². The van der Waals surface area contributed by atoms with Crippen LogP contribution in [-0.2, 0) is 4.79 Å². The van der Waals surface area contributed by atoms with Gasteiger partial charge in [-0.2, -0.15) is 0 Å². The van der Waals surface area contributed by atoms with Crippen LogP contribution in [0.5, 0.6) is 0 Å². The van der Waals surface area contributed by atoms with Crippen LogP contribution in [0.1, 0.15) is 12.8 Å². The van der Waals surface area contributed by atoms with Gasteiger partial charge in [0.25, 0.3) is 0 Å². The molecule has 2 aliphatic rings. The Morgan fingerprint density at radius 3 is 2.57 bits per heavy atom. The van der Waals surface area contributed by atoms with Crippen LogP contribution in [0.4, 0.5) is 5.69 Å². The first-order valence-corrected chi connectivity index (χ1v) is 7.66. The van der Waals surface area contributed by atoms with Gasteiger partial charge in [-0.15, -0.1) is 0 Å². The summed E-state index contributed by atoms with van der Waals surface area (Å²) in [6.45, 7) is 2.19. The van der Waals surface area contributed by atoms with Crippen LogP contribution in [0.25, 0.3) is 0 Å². The van der Waals surface area contributed by atoms with E-state index in [9.17, 15) is 4.79 Å². The van der Waals surface area contributed by atoms with E-state index < -0.39 is 5.54 Å². The fourth-order valence-electron chi connectivity index (χ4n) is 3.27. The summed E-state index contributed by atoms with van der Waals surface area (Å²) in [7, 11) is 1.84. The Balaban J connectivity index is 1.82. The molecule has 3 rings (SSSR count). The molecule has 1 aromatic carbocycles. The molecule has 1 aromatic rings. The van der Waals surface area contributed by atoms with Gasteiger partial charge in [-0.25, -0.2) is 0 Å². The molecule has 2 N–H and O–H groups in total. The van der Waals surface area contributed by atoms with Crippen LogP contribution in [0.3, 0.4) is 0 Å². The Morgan fingerprint density at radius 1 is 1.29 bits per heavy atom. The normalized spacial score (nSPS) is 20.5. The maximum absolute atomic E-state index is 12.5. The van der Waals surface area contributed by atoms with E-state index in [1.165, 1.54) is 0 Å². The summed E-state index contributed by atoms with van der Waals surface area (Å²) in [4.78, 5) is 16.8. The number of likely N-dealkylation sites (tertiary alicyclic amines) is 1. The van der Waals surface area contributed by atoms with Crippen LogP contribution in [0, 0.1) is 0 Å². The molecule has 0 aromatic heterocycles. The molecule has 6 heteroatoms. The van der Waals surface area contributed by atoms with E-state index in [2.05, 4.69) is 32.6 Å². The third-order valence-corrected chi connectivity index (χ3v) is 4.96. The lowest BCUT2D eigenvalue weighted by Gasteiger charge is -2.43. The van der Waals surface area contributed by atoms with Crippen molar-refractivity contribution in [3.8, 4) is 0 Å². The number of hydrogen-bond acceptors (Lipinski definition) is 3. The minimum atomic E-state index is -0.429. The molecule has 0 unspecified atom stereocenters. The zero-order valence-electron chi connectivity index (χ0n) is 12.1. The SMILES string of the molecule is CNC(=S)N1CCC2(CC1)C(=O)NCN2c1ccccc1. The van der Waals surface area contributed by atoms with Gasteiger partial charge in [-0.1, -0.05) is 18.2 Å². The van der Waals surface area contributed by atoms with E-state index >= 15 is 0 Å². The third kappa shape index (κ3) is 2.33. The molecule has 2 aliphatic heterocycles. The second-order valence-electron chi connectivity index (χ2n) is 5.50. The molecule has 0 atom stereocenters. The highest BCUT2D eigenvalue weighted by Crippen LogP contribution is 2.36. The van der Waals surface area contributed by atoms with Gasteiger partial charge >= 0.3 is 0 Å². The number of amides is 1. The molecule has 0 aliphatic carbocycles. The van der Waals surface area contributed by atoms with Crippen molar-refractivity contribution in [2.45, 2.75) is 18.4 Å². The standard InChI is InChI=1S/C15H20N4OS/c1-16-14(21)18-9-7-15(8-10-18)13(20)17-11-19(15)12-5-3-2-4-6-12/h2-6H,7-11H2,1H3,(H,16,21)(H,17,20). The van der Waals surface area contributed by atoms with E-state index in [1.54, 1.807) is 0 Å². The van der Waals surface area contributed by atoms with Crippen molar-refractivity contribution in [1.82, 2.24) is 15.5 Å². The third-order valence-electron chi connectivity index (χ3n) is 4.50. The summed E-state index contributed by atoms with van der Waals surface area (Å²) in [6.07, 6.45) is 1.57. The Hall–Kier alpha value is -1.82. The minimum Gasteiger partial charge on any atom is -0.366 e. The molecule has 2 fully saturated rings. The summed E-state index contributed by atoms with van der Waals surface area (Å²) in [6, 6.07) is 10.1. The number of rotatable bonds is 1. The van der Waals surface area contributed by atoms with Gasteiger partial charge in [-0.05, 0) is 37.2 Å². The average molecular weight is 304 g/mol. The summed E-state index contributed by atoms with van der Waals surface area (Å²) < 4.78 is 0. The largest absolute Gasteiger partial charge is 0.366 e. The van der Waals surface area contributed by atoms with E-state index in [1.807, 2.05) is 25.2 Å². The lowest BCUT2D eigenvalue weighted by atomic mass is 9.86. The highest BCUT2D eigenvalue weighted by molar-refractivity contribution is 7.80. The Morgan fingerprint density at radius 2 is 1.95 bits per heavy atom. The first kappa shape index (κ1) is 14.1. The number of hydrogen-bond donors (Lipinski definition) is 2. The molecule has 5 nitrogen and oxygen atoms in total. The number of nitrogens with one attached hydrogen (secondary N) is 2. The predicted molar refractivity (Wildman–Crippen MR) is 87.1 cm³/mol. The Labute approximate surface area is 130 Å². The van der Waals surface area contributed by atoms with Gasteiger partial charge in [-0.3, -0.25) is 4.79 Å². The molecule has 0 bridgehead atoms. The van der Waals surface area contributed by atoms with Gasteiger partial charge < -0.3 is 20.4 Å². The van der Waals surface area contributed by atoms with Gasteiger partial charge in [0.05, 0.1) is 6.67 Å². The van der Waals surface area contributed by atoms with Gasteiger partial charge in [0.2, 0.25) is 5.91 Å². The van der Waals surface area contributed by atoms with E-state index in [0.717, 1.165) is 36.7 Å². The lowest BCUT2D eigenvalue weighted by Crippen LogP contribution is -2.58. The molecule has 112 valence electrons. The van der Waals surface area contributed by atoms with Crippen LogP contribution >= 0.6 is 12.2 Å². The van der Waals surface area contributed by atoms with Crippen LogP contribution in [-0.4, -0.2) is 48.3 Å². The van der Waals surface area contributed by atoms with Gasteiger partial charge in [0.15, 0.2) is 5.11 Å². The Bertz CT molecular complexity index is 540. The van der Waals surface area contributed by atoms with Crippen molar-refractivity contribution >= 4 is 28.9 Å². The minimum absolute atomic E-state index is 0.140. The van der Waals surface area contributed by atoms with Crippen LogP contribution in [0.15, 0.2) is 30.3 Å². The smallest absolute Gasteiger partial charge is 0.247 e. The molecule has 1 spiro atoms. The van der Waals surface area contributed by atoms with Crippen molar-refractivity contribution in [2.75, 3.05) is 31.7 Å². The van der Waals surface area contributed by atoms with Gasteiger partial charge in [0.1, 0.15) is 5.54 Å². The average Bonchev–Trinajstić information content (AvgIpc) is 2.85. The van der Waals surface area contributed by atoms with Crippen molar-refractivity contribution < 1.29 is 4.79 Å². The first-order valence-electron chi connectivity index (χ1n) is 7.25. The lowest BCUT2D eigenvalue weighted by molar-refractivity contribution is -0.124. The number of nitrogens with zero attached hydrogens (tertiary/aromatic N) is 2. The number of para-hydroxylation sites is 1.